The standard InChI is InChI=1S/C19H24N6O2/c1-19(2)8-16-14(9-21-25(16)15-4-6-20-7-5-15)10-24(13-19)11-18-22-17(12-26-3)23-27-18/h4-7,9H,8,10-13H2,1-3H3. The zero-order valence-corrected chi connectivity index (χ0v) is 15.9. The first-order valence-corrected chi connectivity index (χ1v) is 9.03. The molecule has 142 valence electrons. The summed E-state index contributed by atoms with van der Waals surface area (Å²) in [5.41, 5.74) is 3.61. The molecule has 0 saturated carbocycles. The maximum atomic E-state index is 5.38. The van der Waals surface area contributed by atoms with E-state index in [1.165, 1.54) is 11.3 Å². The molecule has 0 atom stereocenters. The third-order valence-electron chi connectivity index (χ3n) is 4.70. The van der Waals surface area contributed by atoms with Crippen LogP contribution in [0.1, 0.15) is 36.8 Å². The van der Waals surface area contributed by atoms with Crippen LogP contribution in [0.5, 0.6) is 0 Å². The van der Waals surface area contributed by atoms with Gasteiger partial charge < -0.3 is 9.26 Å². The van der Waals surface area contributed by atoms with Crippen molar-refractivity contribution in [3.63, 3.8) is 0 Å². The molecule has 0 unspecified atom stereocenters. The van der Waals surface area contributed by atoms with Crippen LogP contribution in [-0.2, 0) is 30.9 Å². The van der Waals surface area contributed by atoms with E-state index in [0.717, 1.165) is 25.2 Å². The Bertz CT molecular complexity index is 902. The number of ether oxygens (including phenoxy) is 1. The van der Waals surface area contributed by atoms with Gasteiger partial charge in [0.2, 0.25) is 5.89 Å². The lowest BCUT2D eigenvalue weighted by Gasteiger charge is -2.28. The van der Waals surface area contributed by atoms with Crippen molar-refractivity contribution >= 4 is 0 Å². The second kappa shape index (κ2) is 7.21. The second-order valence-electron chi connectivity index (χ2n) is 7.76. The SMILES string of the molecule is COCc1noc(CN2Cc3cnn(-c4ccncc4)c3CC(C)(C)C2)n1. The van der Waals surface area contributed by atoms with Crippen LogP contribution in [0.25, 0.3) is 5.69 Å². The van der Waals surface area contributed by atoms with Gasteiger partial charge in [-0.05, 0) is 24.0 Å². The van der Waals surface area contributed by atoms with E-state index in [0.29, 0.717) is 24.9 Å². The van der Waals surface area contributed by atoms with Gasteiger partial charge in [0.25, 0.3) is 0 Å². The molecule has 3 aromatic heterocycles. The number of aromatic nitrogens is 5. The normalized spacial score (nSPS) is 16.9. The van der Waals surface area contributed by atoms with Gasteiger partial charge in [0.05, 0.1) is 18.4 Å². The first-order valence-electron chi connectivity index (χ1n) is 9.03. The van der Waals surface area contributed by atoms with E-state index in [9.17, 15) is 0 Å². The zero-order valence-electron chi connectivity index (χ0n) is 15.9. The summed E-state index contributed by atoms with van der Waals surface area (Å²) in [5, 5.41) is 8.60. The minimum absolute atomic E-state index is 0.0887. The Balaban J connectivity index is 1.60. The molecule has 1 aliphatic heterocycles. The third kappa shape index (κ3) is 3.91. The Morgan fingerprint density at radius 1 is 1.26 bits per heavy atom. The Kier molecular flexibility index (Phi) is 4.75. The van der Waals surface area contributed by atoms with Crippen LogP contribution < -0.4 is 0 Å². The maximum Gasteiger partial charge on any atom is 0.240 e. The molecule has 0 bridgehead atoms. The number of fused-ring (bicyclic) bond motifs is 1. The number of pyridine rings is 1. The number of rotatable bonds is 5. The molecule has 0 amide bonds. The topological polar surface area (TPSA) is 82.1 Å². The van der Waals surface area contributed by atoms with Crippen molar-refractivity contribution in [2.75, 3.05) is 13.7 Å². The van der Waals surface area contributed by atoms with E-state index >= 15 is 0 Å². The summed E-state index contributed by atoms with van der Waals surface area (Å²) in [5.74, 6) is 1.19. The van der Waals surface area contributed by atoms with Crippen LogP contribution >= 0.6 is 0 Å². The Labute approximate surface area is 158 Å². The van der Waals surface area contributed by atoms with E-state index in [2.05, 4.69) is 39.0 Å². The van der Waals surface area contributed by atoms with Crippen molar-refractivity contribution < 1.29 is 9.26 Å². The molecule has 4 heterocycles. The predicted molar refractivity (Wildman–Crippen MR) is 98.0 cm³/mol. The van der Waals surface area contributed by atoms with Crippen LogP contribution in [0.4, 0.5) is 0 Å². The van der Waals surface area contributed by atoms with E-state index in [-0.39, 0.29) is 5.41 Å². The molecule has 0 aliphatic carbocycles. The number of methoxy groups -OCH3 is 1. The van der Waals surface area contributed by atoms with Crippen molar-refractivity contribution in [1.82, 2.24) is 29.8 Å². The molecule has 3 aromatic rings. The van der Waals surface area contributed by atoms with Crippen molar-refractivity contribution in [1.29, 1.82) is 0 Å². The average molecular weight is 368 g/mol. The van der Waals surface area contributed by atoms with Crippen LogP contribution in [0.2, 0.25) is 0 Å². The fraction of sp³-hybridized carbons (Fsp3) is 0.474. The van der Waals surface area contributed by atoms with Gasteiger partial charge in [0.15, 0.2) is 5.82 Å². The average Bonchev–Trinajstić information content (AvgIpc) is 3.20. The molecule has 8 heteroatoms. The molecular weight excluding hydrogens is 344 g/mol. The number of hydrogen-bond acceptors (Lipinski definition) is 7. The molecule has 0 fully saturated rings. The molecule has 27 heavy (non-hydrogen) atoms. The molecule has 4 rings (SSSR count). The van der Waals surface area contributed by atoms with Gasteiger partial charge in [-0.1, -0.05) is 19.0 Å². The van der Waals surface area contributed by atoms with Crippen molar-refractivity contribution in [2.45, 2.75) is 40.0 Å². The highest BCUT2D eigenvalue weighted by Crippen LogP contribution is 2.32. The first kappa shape index (κ1) is 17.8. The van der Waals surface area contributed by atoms with E-state index in [1.807, 2.05) is 23.0 Å². The van der Waals surface area contributed by atoms with Crippen molar-refractivity contribution in [3.8, 4) is 5.69 Å². The summed E-state index contributed by atoms with van der Waals surface area (Å²) in [7, 11) is 1.62. The number of hydrogen-bond donors (Lipinski definition) is 0. The highest BCUT2D eigenvalue weighted by Gasteiger charge is 2.31. The van der Waals surface area contributed by atoms with E-state index < -0.39 is 0 Å². The largest absolute Gasteiger partial charge is 0.377 e. The summed E-state index contributed by atoms with van der Waals surface area (Å²) in [6.45, 7) is 7.26. The Morgan fingerprint density at radius 3 is 2.85 bits per heavy atom. The summed E-state index contributed by atoms with van der Waals surface area (Å²) < 4.78 is 12.5. The first-order chi connectivity index (χ1) is 13.0. The molecule has 0 spiro atoms. The van der Waals surface area contributed by atoms with E-state index in [4.69, 9.17) is 9.26 Å². The lowest BCUT2D eigenvalue weighted by Crippen LogP contribution is -2.32. The predicted octanol–water partition coefficient (Wildman–Crippen LogP) is 2.38. The highest BCUT2D eigenvalue weighted by atomic mass is 16.5. The number of nitrogens with zero attached hydrogens (tertiary/aromatic N) is 6. The van der Waals surface area contributed by atoms with E-state index in [1.54, 1.807) is 19.5 Å². The smallest absolute Gasteiger partial charge is 0.240 e. The van der Waals surface area contributed by atoms with Crippen LogP contribution in [-0.4, -0.2) is 43.5 Å². The molecule has 0 saturated heterocycles. The second-order valence-corrected chi connectivity index (χ2v) is 7.76. The monoisotopic (exact) mass is 368 g/mol. The van der Waals surface area contributed by atoms with Crippen molar-refractivity contribution in [3.05, 3.63) is 53.7 Å². The maximum absolute atomic E-state index is 5.38. The van der Waals surface area contributed by atoms with Crippen molar-refractivity contribution in [2.24, 2.45) is 5.41 Å². The Hall–Kier alpha value is -2.58. The fourth-order valence-corrected chi connectivity index (χ4v) is 3.69. The molecular formula is C19H24N6O2. The molecule has 0 aromatic carbocycles. The van der Waals surface area contributed by atoms with Gasteiger partial charge in [0.1, 0.15) is 6.61 Å². The van der Waals surface area contributed by atoms with Crippen LogP contribution in [0.3, 0.4) is 0 Å². The summed E-state index contributed by atoms with van der Waals surface area (Å²) in [4.78, 5) is 10.9. The molecule has 8 nitrogen and oxygen atoms in total. The van der Waals surface area contributed by atoms with Crippen LogP contribution in [0, 0.1) is 5.41 Å². The zero-order chi connectivity index (χ0) is 18.9. The minimum atomic E-state index is 0.0887. The highest BCUT2D eigenvalue weighted by molar-refractivity contribution is 5.34. The van der Waals surface area contributed by atoms with Crippen LogP contribution in [0.15, 0.2) is 35.2 Å². The Morgan fingerprint density at radius 2 is 2.07 bits per heavy atom. The lowest BCUT2D eigenvalue weighted by atomic mass is 9.87. The third-order valence-corrected chi connectivity index (χ3v) is 4.70. The minimum Gasteiger partial charge on any atom is -0.377 e. The quantitative estimate of drug-likeness (QED) is 0.684. The molecule has 0 N–H and O–H groups in total. The summed E-state index contributed by atoms with van der Waals surface area (Å²) in [6.07, 6.45) is 6.50. The fourth-order valence-electron chi connectivity index (χ4n) is 3.69. The van der Waals surface area contributed by atoms with Gasteiger partial charge >= 0.3 is 0 Å². The lowest BCUT2D eigenvalue weighted by molar-refractivity contribution is 0.155. The van der Waals surface area contributed by atoms with Gasteiger partial charge in [-0.15, -0.1) is 0 Å². The van der Waals surface area contributed by atoms with Gasteiger partial charge in [0, 0.05) is 43.9 Å². The van der Waals surface area contributed by atoms with Gasteiger partial charge in [-0.3, -0.25) is 9.88 Å². The summed E-state index contributed by atoms with van der Waals surface area (Å²) in [6, 6.07) is 3.97. The molecule has 0 radical (unpaired) electrons. The van der Waals surface area contributed by atoms with Gasteiger partial charge in [-0.2, -0.15) is 10.1 Å². The summed E-state index contributed by atoms with van der Waals surface area (Å²) >= 11 is 0. The van der Waals surface area contributed by atoms with Gasteiger partial charge in [-0.25, -0.2) is 4.68 Å². The molecule has 1 aliphatic rings.